The van der Waals surface area contributed by atoms with Gasteiger partial charge in [-0.3, -0.25) is 24.4 Å². The van der Waals surface area contributed by atoms with E-state index in [2.05, 4.69) is 25.9 Å². The Morgan fingerprint density at radius 3 is 2.50 bits per heavy atom. The number of hydrogen-bond donors (Lipinski definition) is 2. The topological polar surface area (TPSA) is 177 Å². The van der Waals surface area contributed by atoms with Crippen LogP contribution in [0.2, 0.25) is 0 Å². The van der Waals surface area contributed by atoms with Crippen LogP contribution >= 0.6 is 0 Å². The standard InChI is InChI=1S/C20H23N7O7/c1-3-32-15-6-5-13(9-16(15)33-4-2)18(28)21-7-8-22-19(29)20-24-17(25-34-20)12-26-11-14(10-23-26)27(30)31/h5-6,9-11H,3-4,7-8,12H2,1-2H3,(H,21,28)(H,22,29). The molecule has 0 radical (unpaired) electrons. The lowest BCUT2D eigenvalue weighted by Gasteiger charge is -2.12. The number of aromatic nitrogens is 4. The number of nitrogens with zero attached hydrogens (tertiary/aromatic N) is 5. The average Bonchev–Trinajstić information content (AvgIpc) is 3.48. The minimum absolute atomic E-state index is 0.00744. The highest BCUT2D eigenvalue weighted by Gasteiger charge is 2.17. The second kappa shape index (κ2) is 11.4. The molecular weight excluding hydrogens is 450 g/mol. The summed E-state index contributed by atoms with van der Waals surface area (Å²) < 4.78 is 17.2. The Bertz CT molecular complexity index is 1160. The second-order valence-corrected chi connectivity index (χ2v) is 6.71. The SMILES string of the molecule is CCOc1ccc(C(=O)NCCNC(=O)c2nc(Cn3cc([N+](=O)[O-])cn3)no2)cc1OCC. The second-order valence-electron chi connectivity index (χ2n) is 6.71. The number of carbonyl (C=O) groups is 2. The molecule has 1 aromatic carbocycles. The van der Waals surface area contributed by atoms with Gasteiger partial charge in [0, 0.05) is 18.7 Å². The first-order valence-corrected chi connectivity index (χ1v) is 10.4. The summed E-state index contributed by atoms with van der Waals surface area (Å²) in [6, 6.07) is 4.88. The number of nitrogens with one attached hydrogen (secondary N) is 2. The van der Waals surface area contributed by atoms with Crippen LogP contribution in [0.5, 0.6) is 11.5 Å². The first-order chi connectivity index (χ1) is 16.4. The fourth-order valence-electron chi connectivity index (χ4n) is 2.81. The van der Waals surface area contributed by atoms with Crippen molar-refractivity contribution in [1.82, 2.24) is 30.6 Å². The van der Waals surface area contributed by atoms with Crippen molar-refractivity contribution in [2.45, 2.75) is 20.4 Å². The quantitative estimate of drug-likeness (QED) is 0.220. The van der Waals surface area contributed by atoms with Gasteiger partial charge in [-0.05, 0) is 32.0 Å². The van der Waals surface area contributed by atoms with Crippen LogP contribution < -0.4 is 20.1 Å². The number of rotatable bonds is 12. The summed E-state index contributed by atoms with van der Waals surface area (Å²) in [7, 11) is 0. The molecule has 14 nitrogen and oxygen atoms in total. The van der Waals surface area contributed by atoms with Gasteiger partial charge in [-0.25, -0.2) is 0 Å². The number of ether oxygens (including phenoxy) is 2. The molecule has 0 aliphatic carbocycles. The fraction of sp³-hybridized carbons (Fsp3) is 0.350. The summed E-state index contributed by atoms with van der Waals surface area (Å²) >= 11 is 0. The molecule has 3 aromatic rings. The summed E-state index contributed by atoms with van der Waals surface area (Å²) in [5, 5.41) is 23.4. The number of nitro groups is 1. The van der Waals surface area contributed by atoms with Gasteiger partial charge < -0.3 is 24.6 Å². The molecule has 0 saturated carbocycles. The molecule has 0 aliphatic rings. The van der Waals surface area contributed by atoms with Crippen molar-refractivity contribution in [2.24, 2.45) is 0 Å². The van der Waals surface area contributed by atoms with E-state index in [1.165, 1.54) is 10.9 Å². The molecule has 34 heavy (non-hydrogen) atoms. The first-order valence-electron chi connectivity index (χ1n) is 10.4. The highest BCUT2D eigenvalue weighted by Crippen LogP contribution is 2.28. The molecule has 2 aromatic heterocycles. The van der Waals surface area contributed by atoms with Gasteiger partial charge in [-0.15, -0.1) is 0 Å². The number of hydrogen-bond acceptors (Lipinski definition) is 10. The zero-order chi connectivity index (χ0) is 24.5. The lowest BCUT2D eigenvalue weighted by atomic mass is 10.2. The van der Waals surface area contributed by atoms with Crippen molar-refractivity contribution < 1.29 is 28.5 Å². The van der Waals surface area contributed by atoms with Crippen LogP contribution in [0.25, 0.3) is 0 Å². The smallest absolute Gasteiger partial charge is 0.316 e. The van der Waals surface area contributed by atoms with Crippen molar-refractivity contribution in [3.63, 3.8) is 0 Å². The fourth-order valence-corrected chi connectivity index (χ4v) is 2.81. The molecule has 2 amide bonds. The van der Waals surface area contributed by atoms with E-state index < -0.39 is 10.8 Å². The molecule has 0 saturated heterocycles. The Morgan fingerprint density at radius 2 is 1.82 bits per heavy atom. The monoisotopic (exact) mass is 473 g/mol. The Morgan fingerprint density at radius 1 is 1.12 bits per heavy atom. The Kier molecular flexibility index (Phi) is 8.10. The molecule has 0 atom stereocenters. The largest absolute Gasteiger partial charge is 0.490 e. The van der Waals surface area contributed by atoms with Crippen molar-refractivity contribution in [1.29, 1.82) is 0 Å². The van der Waals surface area contributed by atoms with Crippen molar-refractivity contribution in [3.8, 4) is 11.5 Å². The summed E-state index contributed by atoms with van der Waals surface area (Å²) in [6.45, 7) is 4.85. The third-order valence-electron chi connectivity index (χ3n) is 4.30. The maximum Gasteiger partial charge on any atom is 0.316 e. The third kappa shape index (κ3) is 6.27. The van der Waals surface area contributed by atoms with Crippen LogP contribution in [0.15, 0.2) is 35.1 Å². The van der Waals surface area contributed by atoms with Crippen molar-refractivity contribution >= 4 is 17.5 Å². The van der Waals surface area contributed by atoms with E-state index in [1.54, 1.807) is 18.2 Å². The van der Waals surface area contributed by atoms with E-state index in [1.807, 2.05) is 13.8 Å². The molecule has 0 bridgehead atoms. The molecule has 0 unspecified atom stereocenters. The van der Waals surface area contributed by atoms with E-state index in [0.29, 0.717) is 30.3 Å². The number of amides is 2. The Balaban J connectivity index is 1.46. The average molecular weight is 473 g/mol. The van der Waals surface area contributed by atoms with E-state index >= 15 is 0 Å². The zero-order valence-corrected chi connectivity index (χ0v) is 18.5. The van der Waals surface area contributed by atoms with Gasteiger partial charge >= 0.3 is 17.5 Å². The number of benzene rings is 1. The summed E-state index contributed by atoms with van der Waals surface area (Å²) in [5.74, 6) is -0.0984. The van der Waals surface area contributed by atoms with Crippen LogP contribution in [0.4, 0.5) is 5.69 Å². The van der Waals surface area contributed by atoms with Gasteiger partial charge in [0.1, 0.15) is 18.9 Å². The molecule has 14 heteroatoms. The molecular formula is C20H23N7O7. The van der Waals surface area contributed by atoms with Crippen LogP contribution in [0.3, 0.4) is 0 Å². The van der Waals surface area contributed by atoms with Crippen molar-refractivity contribution in [2.75, 3.05) is 26.3 Å². The molecule has 0 aliphatic heterocycles. The molecule has 0 fully saturated rings. The van der Waals surface area contributed by atoms with E-state index in [4.69, 9.17) is 14.0 Å². The van der Waals surface area contributed by atoms with E-state index in [0.717, 1.165) is 6.20 Å². The van der Waals surface area contributed by atoms with Crippen LogP contribution in [0.1, 0.15) is 40.7 Å². The van der Waals surface area contributed by atoms with Gasteiger partial charge in [-0.2, -0.15) is 10.1 Å². The molecule has 2 heterocycles. The van der Waals surface area contributed by atoms with Crippen LogP contribution in [-0.4, -0.2) is 63.0 Å². The van der Waals surface area contributed by atoms with Gasteiger partial charge in [-0.1, -0.05) is 5.16 Å². The van der Waals surface area contributed by atoms with Gasteiger partial charge in [0.25, 0.3) is 5.91 Å². The molecule has 2 N–H and O–H groups in total. The first kappa shape index (κ1) is 24.2. The highest BCUT2D eigenvalue weighted by molar-refractivity contribution is 5.95. The van der Waals surface area contributed by atoms with E-state index in [-0.39, 0.29) is 42.9 Å². The molecule has 3 rings (SSSR count). The molecule has 0 spiro atoms. The predicted octanol–water partition coefficient (Wildman–Crippen LogP) is 1.18. The summed E-state index contributed by atoms with van der Waals surface area (Å²) in [4.78, 5) is 38.6. The number of carbonyl (C=O) groups excluding carboxylic acids is 2. The maximum atomic E-state index is 12.4. The lowest BCUT2D eigenvalue weighted by molar-refractivity contribution is -0.385. The van der Waals surface area contributed by atoms with Gasteiger partial charge in [0.2, 0.25) is 0 Å². The maximum absolute atomic E-state index is 12.4. The molecule has 180 valence electrons. The van der Waals surface area contributed by atoms with Crippen LogP contribution in [0, 0.1) is 10.1 Å². The lowest BCUT2D eigenvalue weighted by Crippen LogP contribution is -2.34. The normalized spacial score (nSPS) is 10.5. The minimum atomic E-state index is -0.626. The Hall–Kier alpha value is -4.49. The highest BCUT2D eigenvalue weighted by atomic mass is 16.6. The van der Waals surface area contributed by atoms with Gasteiger partial charge in [0.15, 0.2) is 17.3 Å². The summed E-state index contributed by atoms with van der Waals surface area (Å²) in [6.07, 6.45) is 2.30. The predicted molar refractivity (Wildman–Crippen MR) is 116 cm³/mol. The van der Waals surface area contributed by atoms with Crippen molar-refractivity contribution in [3.05, 3.63) is 58.0 Å². The van der Waals surface area contributed by atoms with Crippen LogP contribution in [-0.2, 0) is 6.54 Å². The summed E-state index contributed by atoms with van der Waals surface area (Å²) in [5.41, 5.74) is 0.210. The van der Waals surface area contributed by atoms with E-state index in [9.17, 15) is 19.7 Å². The third-order valence-corrected chi connectivity index (χ3v) is 4.30. The minimum Gasteiger partial charge on any atom is -0.490 e. The van der Waals surface area contributed by atoms with Gasteiger partial charge in [0.05, 0.1) is 18.1 Å². The Labute approximate surface area is 193 Å². The zero-order valence-electron chi connectivity index (χ0n) is 18.5.